The third kappa shape index (κ3) is 5.80. The Morgan fingerprint density at radius 1 is 0.938 bits per heavy atom. The molecule has 16 heavy (non-hydrogen) atoms. The van der Waals surface area contributed by atoms with Crippen molar-refractivity contribution in [2.45, 2.75) is 44.1 Å². The van der Waals surface area contributed by atoms with Crippen LogP contribution in [0.25, 0.3) is 0 Å². The Balaban J connectivity index is 2.05. The minimum atomic E-state index is -0.118. The lowest BCUT2D eigenvalue weighted by atomic mass is 9.93. The fraction of sp³-hybridized carbons (Fsp3) is 1.00. The van der Waals surface area contributed by atoms with Crippen molar-refractivity contribution in [2.75, 3.05) is 33.0 Å². The van der Waals surface area contributed by atoms with Gasteiger partial charge in [0.2, 0.25) is 0 Å². The van der Waals surface area contributed by atoms with Crippen LogP contribution in [-0.4, -0.2) is 43.7 Å². The maximum absolute atomic E-state index is 8.51. The molecule has 1 aliphatic carbocycles. The number of aliphatic hydroxyl groups excluding tert-OH is 1. The maximum Gasteiger partial charge on any atom is 0.0701 e. The highest BCUT2D eigenvalue weighted by atomic mass is 16.5. The van der Waals surface area contributed by atoms with E-state index in [1.165, 1.54) is 25.7 Å². The lowest BCUT2D eigenvalue weighted by molar-refractivity contribution is 0.0146. The van der Waals surface area contributed by atoms with Gasteiger partial charge < -0.3 is 20.3 Å². The first-order valence-electron chi connectivity index (χ1n) is 6.32. The number of hydrogen-bond donors (Lipinski definition) is 2. The van der Waals surface area contributed by atoms with Gasteiger partial charge in [0.1, 0.15) is 0 Å². The summed E-state index contributed by atoms with van der Waals surface area (Å²) in [7, 11) is 0. The second kappa shape index (κ2) is 8.01. The molecule has 0 spiro atoms. The minimum Gasteiger partial charge on any atom is -0.394 e. The molecule has 96 valence electrons. The number of nitrogens with two attached hydrogens (primary N) is 1. The molecule has 3 N–H and O–H groups in total. The summed E-state index contributed by atoms with van der Waals surface area (Å²) in [5.74, 6) is 0. The average molecular weight is 231 g/mol. The molecular formula is C12H25NO3. The van der Waals surface area contributed by atoms with E-state index in [4.69, 9.17) is 20.3 Å². The third-order valence-electron chi connectivity index (χ3n) is 3.10. The molecule has 4 heteroatoms. The van der Waals surface area contributed by atoms with E-state index < -0.39 is 0 Å². The van der Waals surface area contributed by atoms with E-state index in [2.05, 4.69) is 0 Å². The van der Waals surface area contributed by atoms with E-state index in [1.54, 1.807) is 0 Å². The summed E-state index contributed by atoms with van der Waals surface area (Å²) >= 11 is 0. The number of hydrogen-bond acceptors (Lipinski definition) is 4. The van der Waals surface area contributed by atoms with E-state index in [0.717, 1.165) is 12.8 Å². The Bertz CT molecular complexity index is 168. The topological polar surface area (TPSA) is 64.7 Å². The minimum absolute atomic E-state index is 0.0703. The number of rotatable bonds is 7. The molecule has 0 heterocycles. The molecule has 0 saturated heterocycles. The molecule has 1 saturated carbocycles. The van der Waals surface area contributed by atoms with Gasteiger partial charge in [0.15, 0.2) is 0 Å². The predicted molar refractivity (Wildman–Crippen MR) is 63.3 cm³/mol. The molecule has 1 rings (SSSR count). The Labute approximate surface area is 98.1 Å². The number of ether oxygens (including phenoxy) is 2. The van der Waals surface area contributed by atoms with Gasteiger partial charge in [0.25, 0.3) is 0 Å². The predicted octanol–water partition coefficient (Wildman–Crippen LogP) is 1.06. The first-order chi connectivity index (χ1) is 7.77. The molecular weight excluding hydrogens is 206 g/mol. The Morgan fingerprint density at radius 3 is 2.19 bits per heavy atom. The largest absolute Gasteiger partial charge is 0.394 e. The van der Waals surface area contributed by atoms with Gasteiger partial charge in [-0.2, -0.15) is 0 Å². The molecule has 0 atom stereocenters. The summed E-state index contributed by atoms with van der Waals surface area (Å²) in [6.07, 6.45) is 7.20. The zero-order valence-electron chi connectivity index (χ0n) is 10.1. The highest BCUT2D eigenvalue weighted by molar-refractivity contribution is 4.85. The fourth-order valence-corrected chi connectivity index (χ4v) is 2.14. The van der Waals surface area contributed by atoms with Crippen molar-refractivity contribution in [2.24, 2.45) is 5.73 Å². The Morgan fingerprint density at radius 2 is 1.56 bits per heavy atom. The van der Waals surface area contributed by atoms with Crippen LogP contribution in [-0.2, 0) is 9.47 Å². The summed E-state index contributed by atoms with van der Waals surface area (Å²) in [6.45, 7) is 2.20. The first-order valence-corrected chi connectivity index (χ1v) is 6.32. The van der Waals surface area contributed by atoms with E-state index in [0.29, 0.717) is 26.4 Å². The summed E-state index contributed by atoms with van der Waals surface area (Å²) in [4.78, 5) is 0. The van der Waals surface area contributed by atoms with Crippen LogP contribution in [0.2, 0.25) is 0 Å². The maximum atomic E-state index is 8.51. The monoisotopic (exact) mass is 231 g/mol. The standard InChI is InChI=1S/C12H25NO3/c13-12(5-3-1-2-4-6-12)11-16-10-9-15-8-7-14/h14H,1-11,13H2. The molecule has 4 nitrogen and oxygen atoms in total. The van der Waals surface area contributed by atoms with Crippen LogP contribution >= 0.6 is 0 Å². The van der Waals surface area contributed by atoms with Crippen molar-refractivity contribution >= 4 is 0 Å². The normalized spacial score (nSPS) is 20.6. The van der Waals surface area contributed by atoms with Gasteiger partial charge in [-0.05, 0) is 12.8 Å². The highest BCUT2D eigenvalue weighted by Crippen LogP contribution is 2.24. The second-order valence-corrected chi connectivity index (χ2v) is 4.67. The summed E-state index contributed by atoms with van der Waals surface area (Å²) in [5, 5.41) is 8.51. The molecule has 0 bridgehead atoms. The molecule has 0 aromatic carbocycles. The summed E-state index contributed by atoms with van der Waals surface area (Å²) in [6, 6.07) is 0. The average Bonchev–Trinajstić information content (AvgIpc) is 2.49. The van der Waals surface area contributed by atoms with Crippen molar-refractivity contribution < 1.29 is 14.6 Å². The summed E-state index contributed by atoms with van der Waals surface area (Å²) in [5.41, 5.74) is 6.18. The van der Waals surface area contributed by atoms with Crippen LogP contribution in [0.5, 0.6) is 0 Å². The molecule has 0 aromatic heterocycles. The lowest BCUT2D eigenvalue weighted by Gasteiger charge is -2.27. The van der Waals surface area contributed by atoms with Crippen LogP contribution < -0.4 is 5.73 Å². The Hall–Kier alpha value is -0.160. The van der Waals surface area contributed by atoms with Crippen LogP contribution in [0.4, 0.5) is 0 Å². The van der Waals surface area contributed by atoms with Crippen molar-refractivity contribution in [3.63, 3.8) is 0 Å². The van der Waals surface area contributed by atoms with Crippen LogP contribution in [0, 0.1) is 0 Å². The van der Waals surface area contributed by atoms with Crippen LogP contribution in [0.3, 0.4) is 0 Å². The van der Waals surface area contributed by atoms with E-state index in [9.17, 15) is 0 Å². The van der Waals surface area contributed by atoms with Gasteiger partial charge in [-0.1, -0.05) is 25.7 Å². The van der Waals surface area contributed by atoms with Crippen molar-refractivity contribution in [1.82, 2.24) is 0 Å². The fourth-order valence-electron chi connectivity index (χ4n) is 2.14. The van der Waals surface area contributed by atoms with E-state index in [1.807, 2.05) is 0 Å². The molecule has 1 fully saturated rings. The highest BCUT2D eigenvalue weighted by Gasteiger charge is 2.26. The van der Waals surface area contributed by atoms with Gasteiger partial charge >= 0.3 is 0 Å². The summed E-state index contributed by atoms with van der Waals surface area (Å²) < 4.78 is 10.7. The Kier molecular flexibility index (Phi) is 6.96. The van der Waals surface area contributed by atoms with Gasteiger partial charge in [-0.15, -0.1) is 0 Å². The molecule has 0 aromatic rings. The van der Waals surface area contributed by atoms with Crippen molar-refractivity contribution in [3.8, 4) is 0 Å². The molecule has 1 aliphatic rings. The van der Waals surface area contributed by atoms with Gasteiger partial charge in [0, 0.05) is 5.54 Å². The van der Waals surface area contributed by atoms with Crippen molar-refractivity contribution in [1.29, 1.82) is 0 Å². The van der Waals surface area contributed by atoms with E-state index in [-0.39, 0.29) is 12.1 Å². The zero-order chi connectivity index (χ0) is 11.7. The van der Waals surface area contributed by atoms with Crippen LogP contribution in [0.15, 0.2) is 0 Å². The quantitative estimate of drug-likeness (QED) is 0.508. The smallest absolute Gasteiger partial charge is 0.0701 e. The molecule has 0 unspecified atom stereocenters. The second-order valence-electron chi connectivity index (χ2n) is 4.67. The van der Waals surface area contributed by atoms with E-state index >= 15 is 0 Å². The zero-order valence-corrected chi connectivity index (χ0v) is 10.1. The number of aliphatic hydroxyl groups is 1. The SMILES string of the molecule is NC1(COCCOCCO)CCCCCC1. The molecule has 0 amide bonds. The molecule has 0 aliphatic heterocycles. The third-order valence-corrected chi connectivity index (χ3v) is 3.10. The van der Waals surface area contributed by atoms with Gasteiger partial charge in [-0.3, -0.25) is 0 Å². The van der Waals surface area contributed by atoms with Crippen LogP contribution in [0.1, 0.15) is 38.5 Å². The molecule has 0 radical (unpaired) electrons. The van der Waals surface area contributed by atoms with Gasteiger partial charge in [0.05, 0.1) is 33.0 Å². The van der Waals surface area contributed by atoms with Gasteiger partial charge in [-0.25, -0.2) is 0 Å². The van der Waals surface area contributed by atoms with Crippen molar-refractivity contribution in [3.05, 3.63) is 0 Å². The lowest BCUT2D eigenvalue weighted by Crippen LogP contribution is -2.44. The first kappa shape index (κ1) is 13.9.